The van der Waals surface area contributed by atoms with E-state index in [0.29, 0.717) is 30.6 Å². The lowest BCUT2D eigenvalue weighted by Gasteiger charge is -2.29. The van der Waals surface area contributed by atoms with Crippen molar-refractivity contribution in [1.82, 2.24) is 0 Å². The predicted octanol–water partition coefficient (Wildman–Crippen LogP) is 2.04. The van der Waals surface area contributed by atoms with Crippen molar-refractivity contribution >= 4 is 38.8 Å². The van der Waals surface area contributed by atoms with Crippen molar-refractivity contribution in [3.8, 4) is 0 Å². The fourth-order valence-corrected chi connectivity index (χ4v) is 4.17. The third-order valence-electron chi connectivity index (χ3n) is 4.81. The van der Waals surface area contributed by atoms with Gasteiger partial charge in [0, 0.05) is 36.7 Å². The van der Waals surface area contributed by atoms with Crippen LogP contribution in [0.5, 0.6) is 0 Å². The summed E-state index contributed by atoms with van der Waals surface area (Å²) in [5.41, 5.74) is -0.0526. The van der Waals surface area contributed by atoms with Crippen LogP contribution in [-0.4, -0.2) is 49.5 Å². The molecule has 0 spiro atoms. The summed E-state index contributed by atoms with van der Waals surface area (Å²) >= 11 is 0. The molecule has 0 saturated heterocycles. The highest BCUT2D eigenvalue weighted by molar-refractivity contribution is 7.90. The van der Waals surface area contributed by atoms with Gasteiger partial charge in [-0.1, -0.05) is 0 Å². The maximum atomic E-state index is 12.6. The van der Waals surface area contributed by atoms with Crippen molar-refractivity contribution in [3.05, 3.63) is 67.8 Å². The molecule has 13 heteroatoms. The number of ether oxygens (including phenoxy) is 1. The molecule has 0 N–H and O–H groups in total. The van der Waals surface area contributed by atoms with E-state index in [2.05, 4.69) is 0 Å². The minimum absolute atomic E-state index is 0.0939. The highest BCUT2D eigenvalue weighted by atomic mass is 32.2. The number of esters is 1. The van der Waals surface area contributed by atoms with Gasteiger partial charge in [0.1, 0.15) is 4.90 Å². The number of carbonyl (C=O) groups is 2. The molecule has 3 rings (SSSR count). The quantitative estimate of drug-likeness (QED) is 0.354. The molecule has 0 bridgehead atoms. The zero-order valence-electron chi connectivity index (χ0n) is 16.7. The van der Waals surface area contributed by atoms with Crippen molar-refractivity contribution in [2.45, 2.75) is 17.7 Å². The number of nitro groups is 2. The third-order valence-corrected chi connectivity index (χ3v) is 5.96. The van der Waals surface area contributed by atoms with E-state index >= 15 is 0 Å². The third kappa shape index (κ3) is 4.72. The molecule has 168 valence electrons. The molecule has 1 aliphatic heterocycles. The van der Waals surface area contributed by atoms with Crippen LogP contribution in [0.4, 0.5) is 17.1 Å². The number of non-ortho nitro benzene ring substituents is 1. The lowest BCUT2D eigenvalue weighted by molar-refractivity contribution is -0.387. The number of amides is 1. The first-order valence-electron chi connectivity index (χ1n) is 9.22. The van der Waals surface area contributed by atoms with E-state index in [1.165, 1.54) is 23.1 Å². The molecule has 0 fully saturated rings. The fourth-order valence-electron chi connectivity index (χ4n) is 3.35. The number of aryl methyl sites for hydroxylation is 1. The van der Waals surface area contributed by atoms with Gasteiger partial charge in [-0.05, 0) is 36.6 Å². The standard InChI is InChI=1S/C19H17N3O9S/c1-32(29,30)17-7-4-13(10-16(17)22(27)28)19(24)31-11-18(23)20-8-2-3-12-9-14(21(25)26)5-6-15(12)20/h4-7,9-10H,2-3,8,11H2,1H3. The minimum atomic E-state index is -3.89. The van der Waals surface area contributed by atoms with Gasteiger partial charge in [-0.2, -0.15) is 0 Å². The van der Waals surface area contributed by atoms with Gasteiger partial charge in [0.05, 0.1) is 15.4 Å². The van der Waals surface area contributed by atoms with Crippen molar-refractivity contribution in [1.29, 1.82) is 0 Å². The molecule has 0 atom stereocenters. The number of anilines is 1. The second-order valence-corrected chi connectivity index (χ2v) is 8.99. The summed E-state index contributed by atoms with van der Waals surface area (Å²) in [4.78, 5) is 46.4. The molecule has 0 aliphatic carbocycles. The molecule has 0 radical (unpaired) electrons. The van der Waals surface area contributed by atoms with Gasteiger partial charge in [-0.3, -0.25) is 25.0 Å². The van der Waals surface area contributed by atoms with Gasteiger partial charge < -0.3 is 9.64 Å². The Morgan fingerprint density at radius 2 is 1.81 bits per heavy atom. The monoisotopic (exact) mass is 463 g/mol. The smallest absolute Gasteiger partial charge is 0.338 e. The Balaban J connectivity index is 1.75. The molecular weight excluding hydrogens is 446 g/mol. The summed E-state index contributed by atoms with van der Waals surface area (Å²) < 4.78 is 28.3. The molecule has 1 heterocycles. The van der Waals surface area contributed by atoms with E-state index < -0.39 is 48.8 Å². The Hall–Kier alpha value is -3.87. The van der Waals surface area contributed by atoms with E-state index in [1.807, 2.05) is 0 Å². The second-order valence-electron chi connectivity index (χ2n) is 7.01. The van der Waals surface area contributed by atoms with Crippen LogP contribution in [-0.2, 0) is 25.8 Å². The van der Waals surface area contributed by atoms with Crippen molar-refractivity contribution < 1.29 is 32.6 Å². The number of nitrogens with zero attached hydrogens (tertiary/aromatic N) is 3. The molecule has 0 saturated carbocycles. The number of rotatable bonds is 6. The Bertz CT molecular complexity index is 1240. The Morgan fingerprint density at radius 1 is 1.09 bits per heavy atom. The summed E-state index contributed by atoms with van der Waals surface area (Å²) in [6.07, 6.45) is 1.92. The van der Waals surface area contributed by atoms with E-state index in [9.17, 15) is 38.2 Å². The maximum Gasteiger partial charge on any atom is 0.338 e. The van der Waals surface area contributed by atoms with Crippen LogP contribution in [0.3, 0.4) is 0 Å². The molecule has 0 aromatic heterocycles. The molecule has 1 amide bonds. The first kappa shape index (κ1) is 22.8. The molecule has 0 unspecified atom stereocenters. The lowest BCUT2D eigenvalue weighted by Crippen LogP contribution is -2.38. The number of hydrogen-bond donors (Lipinski definition) is 0. The highest BCUT2D eigenvalue weighted by Gasteiger charge is 2.27. The largest absolute Gasteiger partial charge is 0.452 e. The van der Waals surface area contributed by atoms with Crippen LogP contribution in [0, 0.1) is 20.2 Å². The van der Waals surface area contributed by atoms with E-state index in [4.69, 9.17) is 4.74 Å². The van der Waals surface area contributed by atoms with E-state index in [0.717, 1.165) is 24.5 Å². The maximum absolute atomic E-state index is 12.6. The van der Waals surface area contributed by atoms with E-state index in [-0.39, 0.29) is 11.3 Å². The van der Waals surface area contributed by atoms with Gasteiger partial charge in [-0.25, -0.2) is 13.2 Å². The van der Waals surface area contributed by atoms with Gasteiger partial charge in [0.2, 0.25) is 0 Å². The normalized spacial score (nSPS) is 13.2. The van der Waals surface area contributed by atoms with Gasteiger partial charge >= 0.3 is 5.97 Å². The zero-order valence-corrected chi connectivity index (χ0v) is 17.5. The zero-order chi connectivity index (χ0) is 23.6. The van der Waals surface area contributed by atoms with E-state index in [1.54, 1.807) is 0 Å². The average Bonchev–Trinajstić information content (AvgIpc) is 2.75. The van der Waals surface area contributed by atoms with Crippen LogP contribution >= 0.6 is 0 Å². The lowest BCUT2D eigenvalue weighted by atomic mass is 10.0. The van der Waals surface area contributed by atoms with Crippen LogP contribution in [0.1, 0.15) is 22.3 Å². The van der Waals surface area contributed by atoms with Crippen LogP contribution in [0.15, 0.2) is 41.3 Å². The van der Waals surface area contributed by atoms with Crippen molar-refractivity contribution in [2.75, 3.05) is 24.3 Å². The average molecular weight is 463 g/mol. The van der Waals surface area contributed by atoms with Gasteiger partial charge in [0.15, 0.2) is 16.4 Å². The Labute approximate surface area is 181 Å². The van der Waals surface area contributed by atoms with Crippen LogP contribution in [0.2, 0.25) is 0 Å². The van der Waals surface area contributed by atoms with Crippen LogP contribution < -0.4 is 4.90 Å². The Morgan fingerprint density at radius 3 is 2.44 bits per heavy atom. The number of nitro benzene ring substituents is 2. The van der Waals surface area contributed by atoms with Gasteiger partial charge in [0.25, 0.3) is 17.3 Å². The van der Waals surface area contributed by atoms with Gasteiger partial charge in [-0.15, -0.1) is 0 Å². The first-order chi connectivity index (χ1) is 15.0. The molecule has 2 aromatic rings. The number of benzene rings is 2. The highest BCUT2D eigenvalue weighted by Crippen LogP contribution is 2.30. The van der Waals surface area contributed by atoms with Crippen molar-refractivity contribution in [3.63, 3.8) is 0 Å². The SMILES string of the molecule is CS(=O)(=O)c1ccc(C(=O)OCC(=O)N2CCCc3cc([N+](=O)[O-])ccc32)cc1[N+](=O)[O-]. The minimum Gasteiger partial charge on any atom is -0.452 e. The number of sulfone groups is 1. The summed E-state index contributed by atoms with van der Waals surface area (Å²) in [6, 6.07) is 6.89. The number of hydrogen-bond acceptors (Lipinski definition) is 9. The topological polar surface area (TPSA) is 167 Å². The first-order valence-corrected chi connectivity index (χ1v) is 11.1. The number of fused-ring (bicyclic) bond motifs is 1. The summed E-state index contributed by atoms with van der Waals surface area (Å²) in [7, 11) is -3.89. The summed E-state index contributed by atoms with van der Waals surface area (Å²) in [6.45, 7) is -0.341. The molecule has 32 heavy (non-hydrogen) atoms. The fraction of sp³-hybridized carbons (Fsp3) is 0.263. The molecule has 2 aromatic carbocycles. The Kier molecular flexibility index (Phi) is 6.20. The molecule has 1 aliphatic rings. The second kappa shape index (κ2) is 8.70. The number of carbonyl (C=O) groups excluding carboxylic acids is 2. The van der Waals surface area contributed by atoms with Crippen molar-refractivity contribution in [2.24, 2.45) is 0 Å². The predicted molar refractivity (Wildman–Crippen MR) is 110 cm³/mol. The summed E-state index contributed by atoms with van der Waals surface area (Å²) in [5, 5.41) is 22.1. The molecular formula is C19H17N3O9S. The summed E-state index contributed by atoms with van der Waals surface area (Å²) in [5.74, 6) is -1.61. The van der Waals surface area contributed by atoms with Crippen LogP contribution in [0.25, 0.3) is 0 Å². The molecule has 12 nitrogen and oxygen atoms in total.